The molecule has 1 fully saturated rings. The number of rotatable bonds is 6. The van der Waals surface area contributed by atoms with Crippen LogP contribution in [0.1, 0.15) is 40.4 Å². The molecule has 2 aromatic carbocycles. The van der Waals surface area contributed by atoms with Crippen molar-refractivity contribution in [1.29, 1.82) is 0 Å². The van der Waals surface area contributed by atoms with Crippen LogP contribution >= 0.6 is 0 Å². The first-order valence-electron chi connectivity index (χ1n) is 8.90. The third kappa shape index (κ3) is 4.02. The smallest absolute Gasteiger partial charge is 0.335 e. The topological polar surface area (TPSA) is 43.8 Å². The summed E-state index contributed by atoms with van der Waals surface area (Å²) in [4.78, 5) is 16.1. The summed E-state index contributed by atoms with van der Waals surface area (Å²) in [7, 11) is 2.10. The molecule has 0 aromatic heterocycles. The van der Waals surface area contributed by atoms with Crippen LogP contribution in [0.5, 0.6) is 0 Å². The van der Waals surface area contributed by atoms with Crippen molar-refractivity contribution in [3.63, 3.8) is 0 Å². The molecule has 25 heavy (non-hydrogen) atoms. The van der Waals surface area contributed by atoms with Gasteiger partial charge in [-0.15, -0.1) is 0 Å². The molecule has 0 saturated carbocycles. The minimum atomic E-state index is -0.872. The van der Waals surface area contributed by atoms with Crippen LogP contribution in [0.4, 0.5) is 5.69 Å². The van der Waals surface area contributed by atoms with E-state index >= 15 is 0 Å². The summed E-state index contributed by atoms with van der Waals surface area (Å²) >= 11 is 0. The summed E-state index contributed by atoms with van der Waals surface area (Å²) in [5.41, 5.74) is 3.50. The van der Waals surface area contributed by atoms with Crippen molar-refractivity contribution in [3.05, 3.63) is 65.2 Å². The average molecular weight is 338 g/mol. The molecule has 1 saturated heterocycles. The lowest BCUT2D eigenvalue weighted by Crippen LogP contribution is -2.35. The summed E-state index contributed by atoms with van der Waals surface area (Å²) in [5, 5.41) is 9.25. The fourth-order valence-electron chi connectivity index (χ4n) is 3.62. The highest BCUT2D eigenvalue weighted by Gasteiger charge is 2.23. The molecule has 4 nitrogen and oxygen atoms in total. The van der Waals surface area contributed by atoms with Crippen molar-refractivity contribution >= 4 is 11.7 Å². The lowest BCUT2D eigenvalue weighted by atomic mass is 10.0. The lowest BCUT2D eigenvalue weighted by Gasteiger charge is -2.34. The van der Waals surface area contributed by atoms with Crippen molar-refractivity contribution in [3.8, 4) is 0 Å². The van der Waals surface area contributed by atoms with Crippen molar-refractivity contribution in [2.24, 2.45) is 0 Å². The van der Waals surface area contributed by atoms with Gasteiger partial charge in [-0.25, -0.2) is 4.79 Å². The van der Waals surface area contributed by atoms with Crippen LogP contribution in [0, 0.1) is 6.92 Å². The summed E-state index contributed by atoms with van der Waals surface area (Å²) < 4.78 is 0. The van der Waals surface area contributed by atoms with Gasteiger partial charge in [-0.05, 0) is 62.2 Å². The van der Waals surface area contributed by atoms with E-state index in [0.717, 1.165) is 30.9 Å². The van der Waals surface area contributed by atoms with Crippen LogP contribution in [-0.2, 0) is 0 Å². The van der Waals surface area contributed by atoms with Gasteiger partial charge in [0.15, 0.2) is 0 Å². The number of carboxylic acids is 1. The van der Waals surface area contributed by atoms with Crippen LogP contribution in [0.15, 0.2) is 48.5 Å². The molecule has 0 radical (unpaired) electrons. The number of nitrogens with zero attached hydrogens (tertiary/aromatic N) is 2. The lowest BCUT2D eigenvalue weighted by molar-refractivity contribution is 0.0696. The van der Waals surface area contributed by atoms with E-state index in [0.29, 0.717) is 5.56 Å². The maximum absolute atomic E-state index is 11.3. The van der Waals surface area contributed by atoms with Crippen LogP contribution < -0.4 is 4.90 Å². The van der Waals surface area contributed by atoms with E-state index in [-0.39, 0.29) is 6.04 Å². The van der Waals surface area contributed by atoms with Crippen LogP contribution in [-0.4, -0.2) is 42.7 Å². The molecular formula is C21H26N2O2. The quantitative estimate of drug-likeness (QED) is 0.866. The predicted octanol–water partition coefficient (Wildman–Crippen LogP) is 3.97. The molecule has 0 unspecified atom stereocenters. The number of anilines is 1. The molecule has 4 heteroatoms. The Kier molecular flexibility index (Phi) is 5.39. The van der Waals surface area contributed by atoms with Gasteiger partial charge in [-0.2, -0.15) is 0 Å². The molecule has 1 aliphatic rings. The van der Waals surface area contributed by atoms with Gasteiger partial charge in [0, 0.05) is 19.3 Å². The first-order chi connectivity index (χ1) is 12.1. The predicted molar refractivity (Wildman–Crippen MR) is 101 cm³/mol. The fraction of sp³-hybridized carbons (Fsp3) is 0.381. The Bertz CT molecular complexity index is 724. The summed E-state index contributed by atoms with van der Waals surface area (Å²) in [5.74, 6) is -0.872. The van der Waals surface area contributed by atoms with E-state index in [9.17, 15) is 9.90 Å². The van der Waals surface area contributed by atoms with Gasteiger partial charge in [0.2, 0.25) is 0 Å². The number of carboxylic acid groups (broad SMARTS) is 1. The Morgan fingerprint density at radius 1 is 1.16 bits per heavy atom. The van der Waals surface area contributed by atoms with E-state index in [1.54, 1.807) is 6.07 Å². The van der Waals surface area contributed by atoms with Gasteiger partial charge in [-0.1, -0.05) is 30.3 Å². The minimum Gasteiger partial charge on any atom is -0.478 e. The minimum absolute atomic E-state index is 0.245. The molecule has 3 rings (SSSR count). The maximum Gasteiger partial charge on any atom is 0.335 e. The first kappa shape index (κ1) is 17.5. The number of hydrogen-bond donors (Lipinski definition) is 1. The highest BCUT2D eigenvalue weighted by atomic mass is 16.4. The zero-order valence-electron chi connectivity index (χ0n) is 15.0. The van der Waals surface area contributed by atoms with Crippen molar-refractivity contribution < 1.29 is 9.90 Å². The highest BCUT2D eigenvalue weighted by Crippen LogP contribution is 2.29. The van der Waals surface area contributed by atoms with E-state index in [2.05, 4.69) is 41.1 Å². The maximum atomic E-state index is 11.3. The second kappa shape index (κ2) is 7.70. The third-order valence-corrected chi connectivity index (χ3v) is 5.13. The average Bonchev–Trinajstić information content (AvgIpc) is 3.12. The Hall–Kier alpha value is -2.33. The zero-order chi connectivity index (χ0) is 17.8. The number of likely N-dealkylation sites (tertiary alicyclic amines) is 1. The second-order valence-corrected chi connectivity index (χ2v) is 6.85. The monoisotopic (exact) mass is 338 g/mol. The molecule has 2 aromatic rings. The summed E-state index contributed by atoms with van der Waals surface area (Å²) in [6.07, 6.45) is 2.55. The Balaban J connectivity index is 1.89. The fourth-order valence-corrected chi connectivity index (χ4v) is 3.62. The third-order valence-electron chi connectivity index (χ3n) is 5.13. The number of aryl methyl sites for hydroxylation is 1. The van der Waals surface area contributed by atoms with Crippen molar-refractivity contribution in [2.75, 3.05) is 31.6 Å². The van der Waals surface area contributed by atoms with E-state index in [1.165, 1.54) is 18.4 Å². The number of aromatic carboxylic acids is 1. The molecule has 1 heterocycles. The Morgan fingerprint density at radius 3 is 2.44 bits per heavy atom. The molecule has 0 amide bonds. The molecule has 0 spiro atoms. The number of likely N-dealkylation sites (N-methyl/N-ethyl adjacent to an activating group) is 1. The number of carbonyl (C=O) groups is 1. The SMILES string of the molecule is Cc1cc(N(C)[C@H](CN2CCCC2)c2ccccc2)ccc1C(=O)O. The standard InChI is InChI=1S/C21H26N2O2/c1-16-14-18(10-11-19(16)21(24)25)22(2)20(15-23-12-6-7-13-23)17-8-4-3-5-9-17/h3-5,8-11,14,20H,6-7,12-13,15H2,1-2H3,(H,24,25)/t20-/m1/s1. The molecule has 0 aliphatic carbocycles. The van der Waals surface area contributed by atoms with Gasteiger partial charge in [0.1, 0.15) is 0 Å². The molecule has 1 aliphatic heterocycles. The van der Waals surface area contributed by atoms with Gasteiger partial charge in [-0.3, -0.25) is 0 Å². The Labute approximate surface area is 149 Å². The van der Waals surface area contributed by atoms with Crippen LogP contribution in [0.25, 0.3) is 0 Å². The van der Waals surface area contributed by atoms with Gasteiger partial charge >= 0.3 is 5.97 Å². The second-order valence-electron chi connectivity index (χ2n) is 6.85. The summed E-state index contributed by atoms with van der Waals surface area (Å²) in [6.45, 7) is 5.17. The van der Waals surface area contributed by atoms with Crippen LogP contribution in [0.2, 0.25) is 0 Å². The molecule has 0 bridgehead atoms. The van der Waals surface area contributed by atoms with Crippen molar-refractivity contribution in [2.45, 2.75) is 25.8 Å². The Morgan fingerprint density at radius 2 is 1.84 bits per heavy atom. The largest absolute Gasteiger partial charge is 0.478 e. The molecule has 1 atom stereocenters. The molecule has 132 valence electrons. The number of benzene rings is 2. The normalized spacial score (nSPS) is 15.9. The van der Waals surface area contributed by atoms with E-state index in [4.69, 9.17) is 0 Å². The number of hydrogen-bond acceptors (Lipinski definition) is 3. The van der Waals surface area contributed by atoms with Crippen LogP contribution in [0.3, 0.4) is 0 Å². The van der Waals surface area contributed by atoms with E-state index < -0.39 is 5.97 Å². The molecule has 1 N–H and O–H groups in total. The van der Waals surface area contributed by atoms with Gasteiger partial charge < -0.3 is 14.9 Å². The van der Waals surface area contributed by atoms with Gasteiger partial charge in [0.25, 0.3) is 0 Å². The van der Waals surface area contributed by atoms with E-state index in [1.807, 2.05) is 25.1 Å². The zero-order valence-corrected chi connectivity index (χ0v) is 15.0. The van der Waals surface area contributed by atoms with Gasteiger partial charge in [0.05, 0.1) is 11.6 Å². The van der Waals surface area contributed by atoms with Crippen molar-refractivity contribution in [1.82, 2.24) is 4.90 Å². The first-order valence-corrected chi connectivity index (χ1v) is 8.90. The molecular weight excluding hydrogens is 312 g/mol. The highest BCUT2D eigenvalue weighted by molar-refractivity contribution is 5.89. The summed E-state index contributed by atoms with van der Waals surface area (Å²) in [6, 6.07) is 16.4.